The summed E-state index contributed by atoms with van der Waals surface area (Å²) in [6.45, 7) is 5.81. The minimum atomic E-state index is 0.127. The van der Waals surface area contributed by atoms with E-state index in [1.807, 2.05) is 11.0 Å². The zero-order valence-corrected chi connectivity index (χ0v) is 13.7. The number of hydrogen-bond acceptors (Lipinski definition) is 3. The number of amides is 1. The maximum atomic E-state index is 12.4. The largest absolute Gasteiger partial charge is 0.332 e. The van der Waals surface area contributed by atoms with E-state index in [0.29, 0.717) is 6.04 Å². The van der Waals surface area contributed by atoms with E-state index >= 15 is 0 Å². The predicted molar refractivity (Wildman–Crippen MR) is 77.7 cm³/mol. The van der Waals surface area contributed by atoms with Gasteiger partial charge in [0, 0.05) is 29.6 Å². The fraction of sp³-hybridized carbons (Fsp3) is 0.545. The SMILES string of the molecule is CC1CN(C(=O)c2cc(Br)c(Br)s2)C(C)CN1. The van der Waals surface area contributed by atoms with Gasteiger partial charge in [0.15, 0.2) is 0 Å². The smallest absolute Gasteiger partial charge is 0.264 e. The van der Waals surface area contributed by atoms with Gasteiger partial charge in [0.2, 0.25) is 0 Å². The molecule has 0 saturated carbocycles. The second kappa shape index (κ2) is 5.38. The fourth-order valence-electron chi connectivity index (χ4n) is 1.90. The molecule has 1 fully saturated rings. The quantitative estimate of drug-likeness (QED) is 0.810. The van der Waals surface area contributed by atoms with Crippen molar-refractivity contribution < 1.29 is 4.79 Å². The third kappa shape index (κ3) is 2.92. The summed E-state index contributed by atoms with van der Waals surface area (Å²) in [6, 6.07) is 2.50. The topological polar surface area (TPSA) is 32.3 Å². The molecule has 1 aromatic rings. The monoisotopic (exact) mass is 380 g/mol. The first-order chi connectivity index (χ1) is 7.99. The first kappa shape index (κ1) is 13.5. The normalized spacial score (nSPS) is 25.1. The number of rotatable bonds is 1. The highest BCUT2D eigenvalue weighted by molar-refractivity contribution is 9.13. The molecular weight excluding hydrogens is 368 g/mol. The third-order valence-electron chi connectivity index (χ3n) is 2.88. The second-order valence-electron chi connectivity index (χ2n) is 4.35. The number of nitrogens with zero attached hydrogens (tertiary/aromatic N) is 1. The third-order valence-corrected chi connectivity index (χ3v) is 6.13. The van der Waals surface area contributed by atoms with Crippen LogP contribution in [0.4, 0.5) is 0 Å². The number of halogens is 2. The Morgan fingerprint density at radius 3 is 2.82 bits per heavy atom. The number of carbonyl (C=O) groups is 1. The molecule has 3 nitrogen and oxygen atoms in total. The lowest BCUT2D eigenvalue weighted by Crippen LogP contribution is -2.56. The maximum absolute atomic E-state index is 12.4. The van der Waals surface area contributed by atoms with Crippen molar-refractivity contribution in [3.63, 3.8) is 0 Å². The number of piperazine rings is 1. The Hall–Kier alpha value is 0.0900. The fourth-order valence-corrected chi connectivity index (χ4v) is 3.89. The molecule has 2 rings (SSSR count). The zero-order chi connectivity index (χ0) is 12.6. The number of nitrogens with one attached hydrogen (secondary N) is 1. The van der Waals surface area contributed by atoms with Crippen molar-refractivity contribution in [2.24, 2.45) is 0 Å². The number of thiophene rings is 1. The van der Waals surface area contributed by atoms with Gasteiger partial charge in [0.1, 0.15) is 0 Å². The van der Waals surface area contributed by atoms with E-state index in [2.05, 4.69) is 51.0 Å². The van der Waals surface area contributed by atoms with Gasteiger partial charge in [-0.15, -0.1) is 11.3 Å². The number of carbonyl (C=O) groups excluding carboxylic acids is 1. The molecule has 0 aliphatic carbocycles. The minimum absolute atomic E-state index is 0.127. The van der Waals surface area contributed by atoms with E-state index in [1.54, 1.807) is 0 Å². The van der Waals surface area contributed by atoms with E-state index in [1.165, 1.54) is 11.3 Å². The van der Waals surface area contributed by atoms with Gasteiger partial charge in [-0.25, -0.2) is 0 Å². The van der Waals surface area contributed by atoms with Crippen molar-refractivity contribution in [2.75, 3.05) is 13.1 Å². The molecule has 0 spiro atoms. The van der Waals surface area contributed by atoms with Crippen LogP contribution in [-0.2, 0) is 0 Å². The van der Waals surface area contributed by atoms with Gasteiger partial charge in [-0.2, -0.15) is 0 Å². The van der Waals surface area contributed by atoms with E-state index < -0.39 is 0 Å². The Kier molecular flexibility index (Phi) is 4.28. The van der Waals surface area contributed by atoms with Gasteiger partial charge in [-0.1, -0.05) is 0 Å². The lowest BCUT2D eigenvalue weighted by Gasteiger charge is -2.37. The molecule has 1 aliphatic heterocycles. The first-order valence-electron chi connectivity index (χ1n) is 5.48. The van der Waals surface area contributed by atoms with Gasteiger partial charge in [0.25, 0.3) is 5.91 Å². The van der Waals surface area contributed by atoms with Crippen LogP contribution in [0.15, 0.2) is 14.3 Å². The van der Waals surface area contributed by atoms with Crippen molar-refractivity contribution in [1.82, 2.24) is 10.2 Å². The maximum Gasteiger partial charge on any atom is 0.264 e. The summed E-state index contributed by atoms with van der Waals surface area (Å²) in [5.41, 5.74) is 0. The lowest BCUT2D eigenvalue weighted by atomic mass is 10.1. The van der Waals surface area contributed by atoms with E-state index in [-0.39, 0.29) is 11.9 Å². The van der Waals surface area contributed by atoms with Crippen LogP contribution in [0.3, 0.4) is 0 Å². The molecule has 17 heavy (non-hydrogen) atoms. The molecule has 1 aromatic heterocycles. The van der Waals surface area contributed by atoms with Gasteiger partial charge in [-0.05, 0) is 51.8 Å². The Bertz CT molecular complexity index is 416. The van der Waals surface area contributed by atoms with Crippen LogP contribution in [0.25, 0.3) is 0 Å². The minimum Gasteiger partial charge on any atom is -0.332 e. The van der Waals surface area contributed by atoms with Crippen LogP contribution in [0.1, 0.15) is 23.5 Å². The van der Waals surface area contributed by atoms with Gasteiger partial charge in [-0.3, -0.25) is 4.79 Å². The molecule has 0 radical (unpaired) electrons. The van der Waals surface area contributed by atoms with Crippen LogP contribution in [-0.4, -0.2) is 36.0 Å². The van der Waals surface area contributed by atoms with Gasteiger partial charge < -0.3 is 10.2 Å². The molecule has 94 valence electrons. The molecule has 2 unspecified atom stereocenters. The first-order valence-corrected chi connectivity index (χ1v) is 7.88. The van der Waals surface area contributed by atoms with E-state index in [0.717, 1.165) is 26.2 Å². The average molecular weight is 382 g/mol. The molecule has 0 bridgehead atoms. The molecule has 0 aromatic carbocycles. The van der Waals surface area contributed by atoms with Crippen molar-refractivity contribution in [1.29, 1.82) is 0 Å². The van der Waals surface area contributed by atoms with Crippen molar-refractivity contribution >= 4 is 49.1 Å². The summed E-state index contributed by atoms with van der Waals surface area (Å²) in [5.74, 6) is 0.127. The highest BCUT2D eigenvalue weighted by Gasteiger charge is 2.28. The average Bonchev–Trinajstić information content (AvgIpc) is 2.62. The molecule has 1 amide bonds. The van der Waals surface area contributed by atoms with E-state index in [4.69, 9.17) is 0 Å². The summed E-state index contributed by atoms with van der Waals surface area (Å²) in [4.78, 5) is 15.1. The van der Waals surface area contributed by atoms with Crippen LogP contribution in [0.2, 0.25) is 0 Å². The lowest BCUT2D eigenvalue weighted by molar-refractivity contribution is 0.0621. The standard InChI is InChI=1S/C11H14Br2N2OS/c1-6-5-15(7(2)4-14-6)11(16)9-3-8(12)10(13)17-9/h3,6-7,14H,4-5H2,1-2H3. The number of hydrogen-bond donors (Lipinski definition) is 1. The van der Waals surface area contributed by atoms with Crippen molar-refractivity contribution in [2.45, 2.75) is 25.9 Å². The Labute approximate surface area is 122 Å². The van der Waals surface area contributed by atoms with Crippen LogP contribution in [0, 0.1) is 0 Å². The summed E-state index contributed by atoms with van der Waals surface area (Å²) in [7, 11) is 0. The summed E-state index contributed by atoms with van der Waals surface area (Å²) in [5, 5.41) is 3.38. The summed E-state index contributed by atoms with van der Waals surface area (Å²) >= 11 is 8.32. The highest BCUT2D eigenvalue weighted by Crippen LogP contribution is 2.33. The Balaban J connectivity index is 2.18. The van der Waals surface area contributed by atoms with Crippen LogP contribution >= 0.6 is 43.2 Å². The molecule has 1 saturated heterocycles. The van der Waals surface area contributed by atoms with Gasteiger partial charge >= 0.3 is 0 Å². The zero-order valence-electron chi connectivity index (χ0n) is 9.67. The van der Waals surface area contributed by atoms with Crippen molar-refractivity contribution in [3.8, 4) is 0 Å². The Morgan fingerprint density at radius 2 is 2.24 bits per heavy atom. The summed E-state index contributed by atoms with van der Waals surface area (Å²) < 4.78 is 1.92. The molecule has 1 N–H and O–H groups in total. The molecule has 2 atom stereocenters. The summed E-state index contributed by atoms with van der Waals surface area (Å²) in [6.07, 6.45) is 0. The highest BCUT2D eigenvalue weighted by atomic mass is 79.9. The van der Waals surface area contributed by atoms with E-state index in [9.17, 15) is 4.79 Å². The van der Waals surface area contributed by atoms with Crippen LogP contribution in [0.5, 0.6) is 0 Å². The molecule has 1 aliphatic rings. The Morgan fingerprint density at radius 1 is 1.53 bits per heavy atom. The molecular formula is C11H14Br2N2OS. The van der Waals surface area contributed by atoms with Crippen LogP contribution < -0.4 is 5.32 Å². The predicted octanol–water partition coefficient (Wildman–Crippen LogP) is 3.10. The second-order valence-corrected chi connectivity index (χ2v) is 7.57. The van der Waals surface area contributed by atoms with Gasteiger partial charge in [0.05, 0.1) is 8.66 Å². The van der Waals surface area contributed by atoms with Crippen molar-refractivity contribution in [3.05, 3.63) is 19.2 Å². The molecule has 6 heteroatoms. The molecule has 2 heterocycles.